The van der Waals surface area contributed by atoms with Crippen molar-refractivity contribution < 1.29 is 4.92 Å². The van der Waals surface area contributed by atoms with Gasteiger partial charge in [0.2, 0.25) is 0 Å². The monoisotopic (exact) mass is 340 g/mol. The minimum absolute atomic E-state index is 0.00846. The summed E-state index contributed by atoms with van der Waals surface area (Å²) >= 11 is 11.7. The fraction of sp³-hybridized carbons (Fsp3) is 0.0769. The van der Waals surface area contributed by atoms with E-state index in [1.54, 1.807) is 18.2 Å². The third-order valence-electron chi connectivity index (χ3n) is 2.92. The standard InChI is InChI=1S/C13H10Cl2N4O3/c14-10-3-1-8(5-11(10)15)7-18(17-20)9-2-4-12(16)13(6-9)19(21)22/h1-6H,7,16H2. The van der Waals surface area contributed by atoms with E-state index in [0.717, 1.165) is 5.01 Å². The van der Waals surface area contributed by atoms with Gasteiger partial charge in [-0.15, -0.1) is 4.91 Å². The number of halogens is 2. The summed E-state index contributed by atoms with van der Waals surface area (Å²) in [6.07, 6.45) is 0. The first kappa shape index (κ1) is 16.0. The molecular formula is C13H10Cl2N4O3. The van der Waals surface area contributed by atoms with E-state index < -0.39 is 4.92 Å². The largest absolute Gasteiger partial charge is 0.393 e. The van der Waals surface area contributed by atoms with Gasteiger partial charge in [0, 0.05) is 6.07 Å². The Morgan fingerprint density at radius 3 is 2.50 bits per heavy atom. The highest BCUT2D eigenvalue weighted by Gasteiger charge is 2.16. The van der Waals surface area contributed by atoms with Gasteiger partial charge in [-0.05, 0) is 29.8 Å². The molecule has 2 aromatic rings. The Morgan fingerprint density at radius 2 is 1.91 bits per heavy atom. The van der Waals surface area contributed by atoms with Crippen LogP contribution in [-0.2, 0) is 6.54 Å². The van der Waals surface area contributed by atoms with Gasteiger partial charge in [-0.25, -0.2) is 5.01 Å². The molecule has 0 aliphatic rings. The van der Waals surface area contributed by atoms with Crippen LogP contribution in [0, 0.1) is 15.0 Å². The molecule has 0 amide bonds. The molecule has 0 spiro atoms. The number of hydrogen-bond donors (Lipinski definition) is 1. The van der Waals surface area contributed by atoms with Gasteiger partial charge in [-0.2, -0.15) is 0 Å². The molecule has 0 heterocycles. The zero-order valence-corrected chi connectivity index (χ0v) is 12.6. The number of anilines is 2. The van der Waals surface area contributed by atoms with Crippen molar-refractivity contribution in [3.8, 4) is 0 Å². The quantitative estimate of drug-likeness (QED) is 0.380. The van der Waals surface area contributed by atoms with Gasteiger partial charge < -0.3 is 5.73 Å². The SMILES string of the molecule is Nc1ccc(N(Cc2ccc(Cl)c(Cl)c2)N=O)cc1[N+](=O)[O-]. The number of rotatable bonds is 5. The first-order chi connectivity index (χ1) is 10.4. The zero-order chi connectivity index (χ0) is 16.3. The second kappa shape index (κ2) is 6.59. The number of nitrogens with two attached hydrogens (primary N) is 1. The predicted molar refractivity (Wildman–Crippen MR) is 85.9 cm³/mol. The van der Waals surface area contributed by atoms with E-state index in [1.807, 2.05) is 0 Å². The van der Waals surface area contributed by atoms with Crippen LogP contribution in [0.3, 0.4) is 0 Å². The summed E-state index contributed by atoms with van der Waals surface area (Å²) in [5, 5.41) is 15.6. The molecule has 0 radical (unpaired) electrons. The minimum Gasteiger partial charge on any atom is -0.393 e. The molecule has 0 saturated carbocycles. The molecule has 0 aliphatic carbocycles. The summed E-state index contributed by atoms with van der Waals surface area (Å²) in [6.45, 7) is 0.0848. The molecule has 0 aromatic heterocycles. The predicted octanol–water partition coefficient (Wildman–Crippen LogP) is 4.17. The van der Waals surface area contributed by atoms with E-state index in [1.165, 1.54) is 18.2 Å². The number of nitroso groups, excluding NO2 is 1. The Balaban J connectivity index is 2.32. The summed E-state index contributed by atoms with van der Waals surface area (Å²) in [5.41, 5.74) is 6.16. The van der Waals surface area contributed by atoms with Crippen LogP contribution in [-0.4, -0.2) is 4.92 Å². The molecule has 2 N–H and O–H groups in total. The Hall–Kier alpha value is -2.38. The molecule has 7 nitrogen and oxygen atoms in total. The van der Waals surface area contributed by atoms with Crippen LogP contribution < -0.4 is 10.7 Å². The van der Waals surface area contributed by atoms with E-state index >= 15 is 0 Å². The van der Waals surface area contributed by atoms with Gasteiger partial charge in [0.05, 0.1) is 32.5 Å². The van der Waals surface area contributed by atoms with Crippen molar-refractivity contribution in [2.24, 2.45) is 5.29 Å². The molecule has 2 rings (SSSR count). The lowest BCUT2D eigenvalue weighted by Crippen LogP contribution is -2.15. The highest BCUT2D eigenvalue weighted by molar-refractivity contribution is 6.42. The van der Waals surface area contributed by atoms with Crippen molar-refractivity contribution in [1.29, 1.82) is 0 Å². The third kappa shape index (κ3) is 3.44. The Kier molecular flexibility index (Phi) is 4.79. The highest BCUT2D eigenvalue weighted by atomic mass is 35.5. The number of benzene rings is 2. The summed E-state index contributed by atoms with van der Waals surface area (Å²) in [4.78, 5) is 21.3. The average molecular weight is 341 g/mol. The Morgan fingerprint density at radius 1 is 1.18 bits per heavy atom. The van der Waals surface area contributed by atoms with E-state index in [-0.39, 0.29) is 23.6 Å². The normalized spacial score (nSPS) is 10.3. The van der Waals surface area contributed by atoms with Gasteiger partial charge in [0.1, 0.15) is 5.69 Å². The van der Waals surface area contributed by atoms with Gasteiger partial charge in [0.25, 0.3) is 5.69 Å². The molecule has 0 aliphatic heterocycles. The lowest BCUT2D eigenvalue weighted by molar-refractivity contribution is -0.383. The van der Waals surface area contributed by atoms with Gasteiger partial charge in [0.15, 0.2) is 0 Å². The molecule has 0 bridgehead atoms. The third-order valence-corrected chi connectivity index (χ3v) is 3.66. The summed E-state index contributed by atoms with van der Waals surface area (Å²) in [5.74, 6) is 0. The number of nitrogens with zero attached hydrogens (tertiary/aromatic N) is 3. The van der Waals surface area contributed by atoms with Crippen molar-refractivity contribution in [3.05, 3.63) is 67.0 Å². The van der Waals surface area contributed by atoms with Crippen molar-refractivity contribution in [3.63, 3.8) is 0 Å². The molecule has 114 valence electrons. The number of nitro groups is 1. The van der Waals surface area contributed by atoms with E-state index in [0.29, 0.717) is 15.6 Å². The molecule has 9 heteroatoms. The highest BCUT2D eigenvalue weighted by Crippen LogP contribution is 2.29. The van der Waals surface area contributed by atoms with Crippen molar-refractivity contribution in [2.75, 3.05) is 10.7 Å². The van der Waals surface area contributed by atoms with Crippen LogP contribution in [0.25, 0.3) is 0 Å². The second-order valence-corrected chi connectivity index (χ2v) is 5.20. The van der Waals surface area contributed by atoms with E-state index in [9.17, 15) is 15.0 Å². The minimum atomic E-state index is -0.624. The van der Waals surface area contributed by atoms with Crippen LogP contribution >= 0.6 is 23.2 Å². The summed E-state index contributed by atoms with van der Waals surface area (Å²) < 4.78 is 0. The van der Waals surface area contributed by atoms with Crippen molar-refractivity contribution >= 4 is 40.3 Å². The van der Waals surface area contributed by atoms with Crippen molar-refractivity contribution in [2.45, 2.75) is 6.54 Å². The smallest absolute Gasteiger partial charge is 0.294 e. The van der Waals surface area contributed by atoms with Crippen LogP contribution in [0.1, 0.15) is 5.56 Å². The first-order valence-corrected chi connectivity index (χ1v) is 6.76. The van der Waals surface area contributed by atoms with Gasteiger partial charge >= 0.3 is 0 Å². The fourth-order valence-corrected chi connectivity index (χ4v) is 2.15. The van der Waals surface area contributed by atoms with Gasteiger partial charge in [-0.1, -0.05) is 29.3 Å². The van der Waals surface area contributed by atoms with Crippen LogP contribution in [0.2, 0.25) is 10.0 Å². The maximum absolute atomic E-state index is 11.0. The van der Waals surface area contributed by atoms with Crippen LogP contribution in [0.15, 0.2) is 41.7 Å². The molecule has 0 fully saturated rings. The van der Waals surface area contributed by atoms with Crippen LogP contribution in [0.4, 0.5) is 17.1 Å². The van der Waals surface area contributed by atoms with Crippen LogP contribution in [0.5, 0.6) is 0 Å². The number of hydrogen-bond acceptors (Lipinski definition) is 5. The summed E-state index contributed by atoms with van der Waals surface area (Å²) in [6, 6.07) is 8.87. The average Bonchev–Trinajstić information content (AvgIpc) is 2.49. The fourth-order valence-electron chi connectivity index (χ4n) is 1.83. The van der Waals surface area contributed by atoms with E-state index in [4.69, 9.17) is 28.9 Å². The number of nitrogen functional groups attached to an aromatic ring is 1. The Labute approximate surface area is 135 Å². The summed E-state index contributed by atoms with van der Waals surface area (Å²) in [7, 11) is 0. The molecule has 0 atom stereocenters. The molecular weight excluding hydrogens is 331 g/mol. The maximum Gasteiger partial charge on any atom is 0.294 e. The maximum atomic E-state index is 11.0. The zero-order valence-electron chi connectivity index (χ0n) is 11.1. The number of nitro benzene ring substituents is 1. The molecule has 0 saturated heterocycles. The van der Waals surface area contributed by atoms with Gasteiger partial charge in [-0.3, -0.25) is 10.1 Å². The van der Waals surface area contributed by atoms with E-state index in [2.05, 4.69) is 5.29 Å². The topological polar surface area (TPSA) is 102 Å². The Bertz CT molecular complexity index is 739. The molecule has 0 unspecified atom stereocenters. The molecule has 22 heavy (non-hydrogen) atoms. The lowest BCUT2D eigenvalue weighted by Gasteiger charge is -2.16. The first-order valence-electron chi connectivity index (χ1n) is 6.01. The second-order valence-electron chi connectivity index (χ2n) is 4.39. The van der Waals surface area contributed by atoms with Crippen molar-refractivity contribution in [1.82, 2.24) is 0 Å². The molecule has 2 aromatic carbocycles. The lowest BCUT2D eigenvalue weighted by atomic mass is 10.2.